The minimum Gasteiger partial charge on any atom is -0.383 e. The monoisotopic (exact) mass is 426 g/mol. The maximum absolute atomic E-state index is 5.72. The maximum atomic E-state index is 5.72. The van der Waals surface area contributed by atoms with Crippen LogP contribution in [-0.4, -0.2) is 26.4 Å². The number of hydrogen-bond donors (Lipinski definition) is 0. The first kappa shape index (κ1) is 21.1. The number of fused-ring (bicyclic) bond motifs is 1. The summed E-state index contributed by atoms with van der Waals surface area (Å²) in [6.07, 6.45) is 3.62. The van der Waals surface area contributed by atoms with Gasteiger partial charge in [-0.3, -0.25) is 0 Å². The van der Waals surface area contributed by atoms with Crippen molar-refractivity contribution in [3.63, 3.8) is 0 Å². The zero-order chi connectivity index (χ0) is 22.1. The Morgan fingerprint density at radius 3 is 2.00 bits per heavy atom. The Morgan fingerprint density at radius 2 is 1.41 bits per heavy atom. The summed E-state index contributed by atoms with van der Waals surface area (Å²) in [4.78, 5) is 5.22. The Kier molecular flexibility index (Phi) is 5.93. The lowest BCUT2D eigenvalue weighted by Gasteiger charge is -2.34. The first-order valence-corrected chi connectivity index (χ1v) is 11.9. The van der Waals surface area contributed by atoms with Crippen LogP contribution < -0.4 is 9.80 Å². The lowest BCUT2D eigenvalue weighted by atomic mass is 9.99. The van der Waals surface area contributed by atoms with E-state index < -0.39 is 0 Å². The molecule has 3 nitrogen and oxygen atoms in total. The molecule has 32 heavy (non-hydrogen) atoms. The molecule has 0 saturated heterocycles. The van der Waals surface area contributed by atoms with Gasteiger partial charge in [-0.15, -0.1) is 0 Å². The van der Waals surface area contributed by atoms with E-state index in [9.17, 15) is 0 Å². The van der Waals surface area contributed by atoms with Crippen LogP contribution in [0.25, 0.3) is 0 Å². The minimum absolute atomic E-state index is 0.298. The predicted molar refractivity (Wildman–Crippen MR) is 133 cm³/mol. The van der Waals surface area contributed by atoms with Gasteiger partial charge in [0.2, 0.25) is 0 Å². The summed E-state index contributed by atoms with van der Waals surface area (Å²) in [5.74, 6) is 0.740. The first-order valence-electron chi connectivity index (χ1n) is 11.9. The van der Waals surface area contributed by atoms with Gasteiger partial charge < -0.3 is 14.5 Å². The number of methoxy groups -OCH3 is 1. The highest BCUT2D eigenvalue weighted by molar-refractivity contribution is 5.77. The van der Waals surface area contributed by atoms with Crippen molar-refractivity contribution in [1.82, 2.24) is 0 Å². The number of anilines is 2. The van der Waals surface area contributed by atoms with Gasteiger partial charge in [-0.25, -0.2) is 0 Å². The Bertz CT molecular complexity index is 1040. The molecule has 3 aromatic rings. The van der Waals surface area contributed by atoms with Crippen molar-refractivity contribution in [2.24, 2.45) is 5.92 Å². The van der Waals surface area contributed by atoms with E-state index in [1.807, 2.05) is 7.11 Å². The lowest BCUT2D eigenvalue weighted by molar-refractivity contribution is 0.176. The molecule has 3 heteroatoms. The van der Waals surface area contributed by atoms with E-state index in [1.165, 1.54) is 46.5 Å². The van der Waals surface area contributed by atoms with Crippen molar-refractivity contribution in [2.75, 3.05) is 30.2 Å². The maximum Gasteiger partial charge on any atom is 0.0914 e. The molecule has 0 spiro atoms. The second-order valence-corrected chi connectivity index (χ2v) is 9.56. The van der Waals surface area contributed by atoms with Gasteiger partial charge >= 0.3 is 0 Å². The van der Waals surface area contributed by atoms with E-state index >= 15 is 0 Å². The van der Waals surface area contributed by atoms with Gasteiger partial charge in [0.15, 0.2) is 0 Å². The molecule has 1 unspecified atom stereocenters. The number of benzene rings is 3. The van der Waals surface area contributed by atoms with Crippen LogP contribution in [0.4, 0.5) is 11.4 Å². The van der Waals surface area contributed by atoms with Gasteiger partial charge in [0.1, 0.15) is 0 Å². The third kappa shape index (κ3) is 4.27. The van der Waals surface area contributed by atoms with Crippen molar-refractivity contribution >= 4 is 11.4 Å². The zero-order valence-electron chi connectivity index (χ0n) is 19.5. The SMILES string of the molecule is COC[C@H](Cc1ccc(C)cc1)N1CN(C(c2ccc(C)cc2)C2CC2)c2ccccc21. The molecule has 0 bridgehead atoms. The summed E-state index contributed by atoms with van der Waals surface area (Å²) in [6.45, 7) is 5.94. The molecular formula is C29H34N2O. The van der Waals surface area contributed by atoms with Gasteiger partial charge in [0.25, 0.3) is 0 Å². The molecule has 0 amide bonds. The quantitative estimate of drug-likeness (QED) is 0.421. The fourth-order valence-corrected chi connectivity index (χ4v) is 5.15. The van der Waals surface area contributed by atoms with Crippen LogP contribution in [0.15, 0.2) is 72.8 Å². The van der Waals surface area contributed by atoms with Crippen LogP contribution >= 0.6 is 0 Å². The number of rotatable bonds is 8. The van der Waals surface area contributed by atoms with E-state index in [4.69, 9.17) is 4.74 Å². The average Bonchev–Trinajstić information content (AvgIpc) is 3.57. The van der Waals surface area contributed by atoms with Crippen LogP contribution in [0, 0.1) is 19.8 Å². The zero-order valence-corrected chi connectivity index (χ0v) is 19.5. The van der Waals surface area contributed by atoms with Crippen molar-refractivity contribution in [3.8, 4) is 0 Å². The molecule has 2 aliphatic rings. The summed E-state index contributed by atoms with van der Waals surface area (Å²) in [7, 11) is 1.82. The largest absolute Gasteiger partial charge is 0.383 e. The van der Waals surface area contributed by atoms with E-state index in [-0.39, 0.29) is 0 Å². The average molecular weight is 427 g/mol. The van der Waals surface area contributed by atoms with Crippen LogP contribution in [0.3, 0.4) is 0 Å². The summed E-state index contributed by atoms with van der Waals surface area (Å²) in [5, 5.41) is 0. The predicted octanol–water partition coefficient (Wildman–Crippen LogP) is 6.30. The number of ether oxygens (including phenoxy) is 1. The Hall–Kier alpha value is -2.78. The second kappa shape index (κ2) is 8.99. The van der Waals surface area contributed by atoms with Gasteiger partial charge in [-0.05, 0) is 62.3 Å². The van der Waals surface area contributed by atoms with E-state index in [0.717, 1.165) is 19.0 Å². The highest BCUT2D eigenvalue weighted by Gasteiger charge is 2.41. The molecule has 166 valence electrons. The van der Waals surface area contributed by atoms with Crippen LogP contribution in [0.1, 0.15) is 41.1 Å². The Morgan fingerprint density at radius 1 is 0.812 bits per heavy atom. The Balaban J connectivity index is 1.47. The number of aryl methyl sites for hydroxylation is 2. The Labute approximate surface area is 192 Å². The summed E-state index contributed by atoms with van der Waals surface area (Å²) in [6, 6.07) is 27.8. The molecule has 2 atom stereocenters. The molecule has 1 fully saturated rings. The first-order chi connectivity index (χ1) is 15.6. The van der Waals surface area contributed by atoms with Crippen molar-refractivity contribution in [2.45, 2.75) is 45.2 Å². The molecule has 5 rings (SSSR count). The molecule has 3 aromatic carbocycles. The number of hydrogen-bond acceptors (Lipinski definition) is 3. The van der Waals surface area contributed by atoms with Gasteiger partial charge in [0, 0.05) is 7.11 Å². The van der Waals surface area contributed by atoms with Crippen LogP contribution in [-0.2, 0) is 11.2 Å². The van der Waals surface area contributed by atoms with Gasteiger partial charge in [-0.2, -0.15) is 0 Å². The van der Waals surface area contributed by atoms with Crippen LogP contribution in [0.5, 0.6) is 0 Å². The third-order valence-electron chi connectivity index (χ3n) is 7.02. The molecule has 0 aromatic heterocycles. The molecule has 0 N–H and O–H groups in total. The van der Waals surface area contributed by atoms with Crippen molar-refractivity contribution in [1.29, 1.82) is 0 Å². The van der Waals surface area contributed by atoms with Crippen molar-refractivity contribution in [3.05, 3.63) is 95.1 Å². The molecular weight excluding hydrogens is 392 g/mol. The second-order valence-electron chi connectivity index (χ2n) is 9.56. The topological polar surface area (TPSA) is 15.7 Å². The third-order valence-corrected chi connectivity index (χ3v) is 7.02. The highest BCUT2D eigenvalue weighted by Crippen LogP contribution is 2.50. The van der Waals surface area contributed by atoms with E-state index in [2.05, 4.69) is 96.4 Å². The minimum atomic E-state index is 0.298. The smallest absolute Gasteiger partial charge is 0.0914 e. The number of para-hydroxylation sites is 2. The highest BCUT2D eigenvalue weighted by atomic mass is 16.5. The fraction of sp³-hybridized carbons (Fsp3) is 0.379. The molecule has 1 heterocycles. The summed E-state index contributed by atoms with van der Waals surface area (Å²) in [5.41, 5.74) is 8.13. The standard InChI is InChI=1S/C29H34N2O/c1-21-8-12-23(13-9-21)18-26(19-32-3)30-20-31(28-7-5-4-6-27(28)30)29(25-16-17-25)24-14-10-22(2)11-15-24/h4-15,25-26,29H,16-20H2,1-3H3/t26-,29?/m0/s1. The van der Waals surface area contributed by atoms with Gasteiger partial charge in [-0.1, -0.05) is 71.8 Å². The lowest BCUT2D eigenvalue weighted by Crippen LogP contribution is -2.43. The molecule has 1 aliphatic heterocycles. The molecule has 1 saturated carbocycles. The summed E-state index contributed by atoms with van der Waals surface area (Å²) >= 11 is 0. The van der Waals surface area contributed by atoms with E-state index in [1.54, 1.807) is 0 Å². The normalized spacial score (nSPS) is 17.3. The number of nitrogens with zero attached hydrogens (tertiary/aromatic N) is 2. The van der Waals surface area contributed by atoms with E-state index in [0.29, 0.717) is 18.7 Å². The molecule has 0 radical (unpaired) electrons. The van der Waals surface area contributed by atoms with Crippen LogP contribution in [0.2, 0.25) is 0 Å². The fourth-order valence-electron chi connectivity index (χ4n) is 5.15. The van der Waals surface area contributed by atoms with Gasteiger partial charge in [0.05, 0.1) is 36.7 Å². The summed E-state index contributed by atoms with van der Waals surface area (Å²) < 4.78 is 5.72. The molecule has 1 aliphatic carbocycles. The van der Waals surface area contributed by atoms with Crippen molar-refractivity contribution < 1.29 is 4.74 Å².